The second-order valence-electron chi connectivity index (χ2n) is 8.30. The van der Waals surface area contributed by atoms with Gasteiger partial charge in [-0.15, -0.1) is 0 Å². The van der Waals surface area contributed by atoms with Crippen molar-refractivity contribution in [1.82, 2.24) is 0 Å². The van der Waals surface area contributed by atoms with Crippen LogP contribution in [0.2, 0.25) is 0 Å². The predicted molar refractivity (Wildman–Crippen MR) is 128 cm³/mol. The minimum absolute atomic E-state index is 0.146. The van der Waals surface area contributed by atoms with Crippen LogP contribution in [-0.2, 0) is 13.0 Å². The third-order valence-electron chi connectivity index (χ3n) is 6.44. The first kappa shape index (κ1) is 22.9. The molecular formula is C27H32NO5+. The highest BCUT2D eigenvalue weighted by Gasteiger charge is 2.33. The molecule has 0 atom stereocenters. The maximum atomic E-state index is 13.7. The Morgan fingerprint density at radius 1 is 0.909 bits per heavy atom. The fourth-order valence-electron chi connectivity index (χ4n) is 4.79. The van der Waals surface area contributed by atoms with Gasteiger partial charge >= 0.3 is 0 Å². The Morgan fingerprint density at radius 2 is 1.64 bits per heavy atom. The number of rotatable bonds is 9. The SMILES string of the molecule is CCCCCC(=O)c1c2[n+](cc3c(OC)c(OC)ccc13)CCc1cc(OC)c(OC)cc1-2. The smallest absolute Gasteiger partial charge is 0.224 e. The second-order valence-corrected chi connectivity index (χ2v) is 8.30. The van der Waals surface area contributed by atoms with Crippen molar-refractivity contribution in [3.8, 4) is 34.3 Å². The van der Waals surface area contributed by atoms with Crippen molar-refractivity contribution in [3.05, 3.63) is 41.6 Å². The molecule has 1 aliphatic heterocycles. The molecule has 0 radical (unpaired) electrons. The van der Waals surface area contributed by atoms with Gasteiger partial charge in [-0.2, -0.15) is 4.57 Å². The number of hydrogen-bond donors (Lipinski definition) is 0. The van der Waals surface area contributed by atoms with Gasteiger partial charge in [-0.3, -0.25) is 4.79 Å². The minimum Gasteiger partial charge on any atom is -0.493 e. The number of carbonyl (C=O) groups excluding carboxylic acids is 1. The number of nitrogens with zero attached hydrogens (tertiary/aromatic N) is 1. The Morgan fingerprint density at radius 3 is 2.30 bits per heavy atom. The van der Waals surface area contributed by atoms with E-state index < -0.39 is 0 Å². The molecule has 0 N–H and O–H groups in total. The standard InChI is InChI=1S/C27H32NO5/c1-6-7-8-9-21(29)25-18-10-11-22(30-2)27(33-5)20(18)16-28-13-12-17-14-23(31-3)24(32-4)15-19(17)26(25)28/h10-11,14-16H,6-9,12-13H2,1-5H3/q+1. The molecule has 174 valence electrons. The van der Waals surface area contributed by atoms with E-state index in [1.807, 2.05) is 24.3 Å². The summed E-state index contributed by atoms with van der Waals surface area (Å²) in [5, 5.41) is 1.76. The van der Waals surface area contributed by atoms with E-state index >= 15 is 0 Å². The van der Waals surface area contributed by atoms with Gasteiger partial charge in [-0.1, -0.05) is 19.8 Å². The van der Waals surface area contributed by atoms with Gasteiger partial charge in [0.1, 0.15) is 0 Å². The highest BCUT2D eigenvalue weighted by molar-refractivity contribution is 6.13. The van der Waals surface area contributed by atoms with Crippen molar-refractivity contribution in [1.29, 1.82) is 0 Å². The number of aryl methyl sites for hydroxylation is 2. The van der Waals surface area contributed by atoms with Crippen LogP contribution in [0.3, 0.4) is 0 Å². The van der Waals surface area contributed by atoms with Crippen molar-refractivity contribution >= 4 is 16.6 Å². The van der Waals surface area contributed by atoms with E-state index in [1.165, 1.54) is 0 Å². The lowest BCUT2D eigenvalue weighted by Crippen LogP contribution is -2.41. The van der Waals surface area contributed by atoms with Gasteiger partial charge in [0.25, 0.3) is 0 Å². The Hall–Kier alpha value is -3.28. The molecule has 0 bridgehead atoms. The van der Waals surface area contributed by atoms with Gasteiger partial charge in [0.15, 0.2) is 41.5 Å². The Kier molecular flexibility index (Phi) is 6.72. The summed E-state index contributed by atoms with van der Waals surface area (Å²) < 4.78 is 24.6. The van der Waals surface area contributed by atoms with E-state index in [2.05, 4.69) is 17.7 Å². The largest absolute Gasteiger partial charge is 0.493 e. The maximum Gasteiger partial charge on any atom is 0.224 e. The summed E-state index contributed by atoms with van der Waals surface area (Å²) in [5.74, 6) is 2.80. The van der Waals surface area contributed by atoms with Crippen LogP contribution in [0.1, 0.15) is 48.5 Å². The van der Waals surface area contributed by atoms with Gasteiger partial charge in [0, 0.05) is 18.2 Å². The fraction of sp³-hybridized carbons (Fsp3) is 0.407. The highest BCUT2D eigenvalue weighted by atomic mass is 16.5. The van der Waals surface area contributed by atoms with Crippen molar-refractivity contribution in [3.63, 3.8) is 0 Å². The average molecular weight is 451 g/mol. The molecule has 0 spiro atoms. The molecule has 0 saturated heterocycles. The number of pyridine rings is 1. The number of ketones is 1. The van der Waals surface area contributed by atoms with Gasteiger partial charge in [0.2, 0.25) is 5.69 Å². The van der Waals surface area contributed by atoms with E-state index in [-0.39, 0.29) is 5.78 Å². The van der Waals surface area contributed by atoms with Crippen molar-refractivity contribution < 1.29 is 28.3 Å². The molecule has 0 aliphatic carbocycles. The third-order valence-corrected chi connectivity index (χ3v) is 6.44. The zero-order valence-corrected chi connectivity index (χ0v) is 20.1. The van der Waals surface area contributed by atoms with Crippen LogP contribution in [0, 0.1) is 0 Å². The number of aromatic nitrogens is 1. The van der Waals surface area contributed by atoms with Gasteiger partial charge in [-0.05, 0) is 36.2 Å². The van der Waals surface area contributed by atoms with Crippen LogP contribution < -0.4 is 23.5 Å². The number of methoxy groups -OCH3 is 4. The fourth-order valence-corrected chi connectivity index (χ4v) is 4.79. The lowest BCUT2D eigenvalue weighted by Gasteiger charge is -2.21. The lowest BCUT2D eigenvalue weighted by atomic mass is 9.88. The Bertz CT molecular complexity index is 1200. The summed E-state index contributed by atoms with van der Waals surface area (Å²) in [7, 11) is 6.54. The summed E-state index contributed by atoms with van der Waals surface area (Å²) >= 11 is 0. The summed E-state index contributed by atoms with van der Waals surface area (Å²) in [4.78, 5) is 13.7. The van der Waals surface area contributed by atoms with Gasteiger partial charge in [-0.25, -0.2) is 0 Å². The zero-order valence-electron chi connectivity index (χ0n) is 20.1. The Balaban J connectivity index is 2.03. The van der Waals surface area contributed by atoms with Crippen molar-refractivity contribution in [2.24, 2.45) is 0 Å². The van der Waals surface area contributed by atoms with Crippen LogP contribution in [-0.4, -0.2) is 34.2 Å². The van der Waals surface area contributed by atoms with Crippen molar-refractivity contribution in [2.75, 3.05) is 28.4 Å². The number of fused-ring (bicyclic) bond motifs is 4. The van der Waals surface area contributed by atoms with Gasteiger partial charge < -0.3 is 18.9 Å². The number of benzene rings is 2. The number of Topliss-reactive ketones (excluding diaryl/α,β-unsaturated/α-hetero) is 1. The minimum atomic E-state index is 0.146. The van der Waals surface area contributed by atoms with E-state index in [9.17, 15) is 4.79 Å². The lowest BCUT2D eigenvalue weighted by molar-refractivity contribution is -0.686. The molecule has 1 aliphatic rings. The predicted octanol–water partition coefficient (Wildman–Crippen LogP) is 5.15. The summed E-state index contributed by atoms with van der Waals surface area (Å²) in [6.07, 6.45) is 6.39. The topological polar surface area (TPSA) is 57.9 Å². The van der Waals surface area contributed by atoms with E-state index in [0.29, 0.717) is 29.4 Å². The molecule has 0 saturated carbocycles. The monoisotopic (exact) mass is 450 g/mol. The Labute approximate surface area is 195 Å². The molecular weight excluding hydrogens is 418 g/mol. The zero-order chi connectivity index (χ0) is 23.5. The molecule has 3 aromatic rings. The molecule has 0 amide bonds. The summed E-state index contributed by atoms with van der Waals surface area (Å²) in [6.45, 7) is 2.90. The quantitative estimate of drug-likeness (QED) is 0.256. The highest BCUT2D eigenvalue weighted by Crippen LogP contribution is 2.42. The summed E-state index contributed by atoms with van der Waals surface area (Å²) in [6, 6.07) is 7.87. The third kappa shape index (κ3) is 3.99. The number of ether oxygens (including phenoxy) is 4. The summed E-state index contributed by atoms with van der Waals surface area (Å²) in [5.41, 5.74) is 3.82. The first-order valence-corrected chi connectivity index (χ1v) is 11.5. The number of hydrogen-bond acceptors (Lipinski definition) is 5. The van der Waals surface area contributed by atoms with Crippen LogP contribution in [0.5, 0.6) is 23.0 Å². The van der Waals surface area contributed by atoms with Crippen LogP contribution in [0.15, 0.2) is 30.5 Å². The van der Waals surface area contributed by atoms with Crippen LogP contribution >= 0.6 is 0 Å². The molecule has 6 heteroatoms. The maximum absolute atomic E-state index is 13.7. The van der Waals surface area contributed by atoms with E-state index in [4.69, 9.17) is 18.9 Å². The molecule has 4 rings (SSSR count). The van der Waals surface area contributed by atoms with E-state index in [0.717, 1.165) is 65.4 Å². The van der Waals surface area contributed by atoms with Crippen molar-refractivity contribution in [2.45, 2.75) is 45.6 Å². The number of carbonyl (C=O) groups is 1. The first-order chi connectivity index (χ1) is 16.1. The molecule has 2 aromatic carbocycles. The molecule has 6 nitrogen and oxygen atoms in total. The number of unbranched alkanes of at least 4 members (excludes halogenated alkanes) is 2. The second kappa shape index (κ2) is 9.69. The average Bonchev–Trinajstić information content (AvgIpc) is 2.85. The molecule has 2 heterocycles. The molecule has 1 aromatic heterocycles. The molecule has 0 fully saturated rings. The molecule has 33 heavy (non-hydrogen) atoms. The molecule has 0 unspecified atom stereocenters. The first-order valence-electron chi connectivity index (χ1n) is 11.5. The van der Waals surface area contributed by atoms with Gasteiger partial charge in [0.05, 0.1) is 45.0 Å². The van der Waals surface area contributed by atoms with E-state index in [1.54, 1.807) is 28.4 Å². The normalized spacial score (nSPS) is 12.2. The van der Waals surface area contributed by atoms with Crippen LogP contribution in [0.4, 0.5) is 0 Å². The van der Waals surface area contributed by atoms with Crippen LogP contribution in [0.25, 0.3) is 22.0 Å².